The monoisotopic (exact) mass is 216 g/mol. The van der Waals surface area contributed by atoms with Gasteiger partial charge in [0.25, 0.3) is 0 Å². The van der Waals surface area contributed by atoms with Crippen LogP contribution in [0.4, 0.5) is 0 Å². The van der Waals surface area contributed by atoms with E-state index in [-0.39, 0.29) is 12.1 Å². The summed E-state index contributed by atoms with van der Waals surface area (Å²) in [7, 11) is 1.57. The summed E-state index contributed by atoms with van der Waals surface area (Å²) in [5.74, 6) is 0.189. The van der Waals surface area contributed by atoms with Crippen LogP contribution in [0.2, 0.25) is 0 Å². The third-order valence-electron chi connectivity index (χ3n) is 1.93. The van der Waals surface area contributed by atoms with Gasteiger partial charge in [-0.15, -0.1) is 0 Å². The van der Waals surface area contributed by atoms with Crippen LogP contribution < -0.4 is 0 Å². The standard InChI is InChI=1S/C6H12O3.C5H8O/c1-5(4-8-3)9-6(2)7;6-5-3-1-2-4-5/h5H,4H2,1-3H3;1-4H2. The summed E-state index contributed by atoms with van der Waals surface area (Å²) in [5, 5.41) is 0. The highest BCUT2D eigenvalue weighted by Crippen LogP contribution is 2.11. The molecular weight excluding hydrogens is 196 g/mol. The maximum atomic E-state index is 10.3. The molecule has 88 valence electrons. The van der Waals surface area contributed by atoms with Crippen molar-refractivity contribution in [3.8, 4) is 0 Å². The summed E-state index contributed by atoms with van der Waals surface area (Å²) in [4.78, 5) is 20.5. The number of methoxy groups -OCH3 is 1. The number of carbonyl (C=O) groups excluding carboxylic acids is 2. The van der Waals surface area contributed by atoms with Crippen molar-refractivity contribution in [1.29, 1.82) is 0 Å². The predicted molar refractivity (Wildman–Crippen MR) is 56.6 cm³/mol. The van der Waals surface area contributed by atoms with Gasteiger partial charge < -0.3 is 9.47 Å². The van der Waals surface area contributed by atoms with Crippen LogP contribution in [0.5, 0.6) is 0 Å². The van der Waals surface area contributed by atoms with Gasteiger partial charge in [0.1, 0.15) is 11.9 Å². The highest BCUT2D eigenvalue weighted by atomic mass is 16.6. The number of hydrogen-bond acceptors (Lipinski definition) is 4. The molecular formula is C11H20O4. The van der Waals surface area contributed by atoms with Gasteiger partial charge in [-0.3, -0.25) is 9.59 Å². The lowest BCUT2D eigenvalue weighted by Crippen LogP contribution is -2.17. The van der Waals surface area contributed by atoms with E-state index >= 15 is 0 Å². The lowest BCUT2D eigenvalue weighted by molar-refractivity contribution is -0.147. The van der Waals surface area contributed by atoms with E-state index in [1.807, 2.05) is 0 Å². The Bertz CT molecular complexity index is 193. The first-order valence-corrected chi connectivity index (χ1v) is 5.24. The Kier molecular flexibility index (Phi) is 7.91. The van der Waals surface area contributed by atoms with Gasteiger partial charge in [-0.25, -0.2) is 0 Å². The molecule has 0 N–H and O–H groups in total. The number of ketones is 1. The Morgan fingerprint density at radius 2 is 1.93 bits per heavy atom. The van der Waals surface area contributed by atoms with Gasteiger partial charge in [0.15, 0.2) is 0 Å². The van der Waals surface area contributed by atoms with Gasteiger partial charge in [-0.2, -0.15) is 0 Å². The number of Topliss-reactive ketones (excluding diaryl/α,β-unsaturated/α-hetero) is 1. The van der Waals surface area contributed by atoms with E-state index in [4.69, 9.17) is 9.47 Å². The van der Waals surface area contributed by atoms with Crippen molar-refractivity contribution in [2.45, 2.75) is 45.6 Å². The van der Waals surface area contributed by atoms with Crippen molar-refractivity contribution in [1.82, 2.24) is 0 Å². The lowest BCUT2D eigenvalue weighted by Gasteiger charge is -2.08. The van der Waals surface area contributed by atoms with Gasteiger partial charge >= 0.3 is 5.97 Å². The van der Waals surface area contributed by atoms with Gasteiger partial charge in [0.2, 0.25) is 0 Å². The smallest absolute Gasteiger partial charge is 0.302 e. The van der Waals surface area contributed by atoms with E-state index in [0.29, 0.717) is 12.4 Å². The average molecular weight is 216 g/mol. The summed E-state index contributed by atoms with van der Waals surface area (Å²) in [5.41, 5.74) is 0. The van der Waals surface area contributed by atoms with Gasteiger partial charge in [0, 0.05) is 26.9 Å². The molecule has 0 heterocycles. The third kappa shape index (κ3) is 9.41. The molecule has 4 heteroatoms. The van der Waals surface area contributed by atoms with Crippen molar-refractivity contribution in [3.05, 3.63) is 0 Å². The second kappa shape index (κ2) is 8.41. The van der Waals surface area contributed by atoms with Gasteiger partial charge in [-0.1, -0.05) is 0 Å². The van der Waals surface area contributed by atoms with Gasteiger partial charge in [0.05, 0.1) is 6.61 Å². The summed E-state index contributed by atoms with van der Waals surface area (Å²) in [6.07, 6.45) is 3.84. The zero-order valence-electron chi connectivity index (χ0n) is 9.75. The quantitative estimate of drug-likeness (QED) is 0.674. The van der Waals surface area contributed by atoms with Crippen molar-refractivity contribution < 1.29 is 19.1 Å². The molecule has 1 aliphatic carbocycles. The molecule has 0 amide bonds. The summed E-state index contributed by atoms with van der Waals surface area (Å²) < 4.78 is 9.45. The topological polar surface area (TPSA) is 52.6 Å². The third-order valence-corrected chi connectivity index (χ3v) is 1.93. The van der Waals surface area contributed by atoms with Crippen LogP contribution in [0.1, 0.15) is 39.5 Å². The van der Waals surface area contributed by atoms with Crippen LogP contribution in [-0.2, 0) is 19.1 Å². The van der Waals surface area contributed by atoms with Crippen molar-refractivity contribution in [3.63, 3.8) is 0 Å². The molecule has 0 aromatic heterocycles. The van der Waals surface area contributed by atoms with Crippen molar-refractivity contribution >= 4 is 11.8 Å². The predicted octanol–water partition coefficient (Wildman–Crippen LogP) is 1.71. The van der Waals surface area contributed by atoms with E-state index in [1.54, 1.807) is 14.0 Å². The summed E-state index contributed by atoms with van der Waals surface area (Å²) in [6.45, 7) is 3.62. The highest BCUT2D eigenvalue weighted by Gasteiger charge is 2.07. The molecule has 0 bridgehead atoms. The number of hydrogen-bond donors (Lipinski definition) is 0. The number of ether oxygens (including phenoxy) is 2. The molecule has 1 atom stereocenters. The molecule has 1 saturated carbocycles. The minimum Gasteiger partial charge on any atom is -0.460 e. The van der Waals surface area contributed by atoms with Crippen LogP contribution in [-0.4, -0.2) is 31.6 Å². The minimum absolute atomic E-state index is 0.132. The Morgan fingerprint density at radius 1 is 1.40 bits per heavy atom. The van der Waals surface area contributed by atoms with Crippen molar-refractivity contribution in [2.24, 2.45) is 0 Å². The molecule has 1 rings (SSSR count). The first-order valence-electron chi connectivity index (χ1n) is 5.24. The molecule has 15 heavy (non-hydrogen) atoms. The first-order chi connectivity index (χ1) is 7.06. The minimum atomic E-state index is -0.264. The molecule has 1 unspecified atom stereocenters. The van der Waals surface area contributed by atoms with E-state index < -0.39 is 0 Å². The second-order valence-electron chi connectivity index (χ2n) is 3.62. The van der Waals surface area contributed by atoms with Crippen LogP contribution in [0.25, 0.3) is 0 Å². The number of rotatable bonds is 3. The maximum absolute atomic E-state index is 10.3. The maximum Gasteiger partial charge on any atom is 0.302 e. The zero-order valence-corrected chi connectivity index (χ0v) is 9.75. The van der Waals surface area contributed by atoms with Crippen molar-refractivity contribution in [2.75, 3.05) is 13.7 Å². The van der Waals surface area contributed by atoms with E-state index in [2.05, 4.69) is 0 Å². The normalized spacial score (nSPS) is 16.6. The van der Waals surface area contributed by atoms with E-state index in [9.17, 15) is 9.59 Å². The Labute approximate surface area is 90.9 Å². The second-order valence-corrected chi connectivity index (χ2v) is 3.62. The van der Waals surface area contributed by atoms with E-state index in [1.165, 1.54) is 6.92 Å². The molecule has 0 aromatic rings. The van der Waals surface area contributed by atoms with E-state index in [0.717, 1.165) is 25.7 Å². The van der Waals surface area contributed by atoms with Crippen LogP contribution in [0, 0.1) is 0 Å². The van der Waals surface area contributed by atoms with Gasteiger partial charge in [-0.05, 0) is 19.8 Å². The summed E-state index contributed by atoms with van der Waals surface area (Å²) in [6, 6.07) is 0. The molecule has 0 aromatic carbocycles. The van der Waals surface area contributed by atoms with Crippen LogP contribution in [0.15, 0.2) is 0 Å². The fraction of sp³-hybridized carbons (Fsp3) is 0.818. The number of esters is 1. The molecule has 0 aliphatic heterocycles. The first kappa shape index (κ1) is 14.1. The molecule has 1 aliphatic rings. The Morgan fingerprint density at radius 3 is 2.20 bits per heavy atom. The summed E-state index contributed by atoms with van der Waals surface area (Å²) >= 11 is 0. The Balaban J connectivity index is 0.000000280. The number of carbonyl (C=O) groups is 2. The largest absolute Gasteiger partial charge is 0.460 e. The highest BCUT2D eigenvalue weighted by molar-refractivity contribution is 5.80. The molecule has 0 spiro atoms. The van der Waals surface area contributed by atoms with Crippen LogP contribution >= 0.6 is 0 Å². The SMILES string of the molecule is COCC(C)OC(C)=O.O=C1CCCC1. The molecule has 0 radical (unpaired) electrons. The molecule has 0 saturated heterocycles. The fourth-order valence-electron chi connectivity index (χ4n) is 1.32. The molecule has 4 nitrogen and oxygen atoms in total. The molecule has 1 fully saturated rings. The zero-order chi connectivity index (χ0) is 11.7. The lowest BCUT2D eigenvalue weighted by atomic mass is 10.4. The van der Waals surface area contributed by atoms with Crippen LogP contribution in [0.3, 0.4) is 0 Å². The average Bonchev–Trinajstić information content (AvgIpc) is 2.56. The fourth-order valence-corrected chi connectivity index (χ4v) is 1.32. The Hall–Kier alpha value is -0.900.